The van der Waals surface area contributed by atoms with Gasteiger partial charge >= 0.3 is 0 Å². The summed E-state index contributed by atoms with van der Waals surface area (Å²) in [7, 11) is 2.06. The fraction of sp³-hybridized carbons (Fsp3) is 0.480. The highest BCUT2D eigenvalue weighted by Gasteiger charge is 2.20. The van der Waals surface area contributed by atoms with Gasteiger partial charge in [0.15, 0.2) is 5.78 Å². The first-order chi connectivity index (χ1) is 15.4. The Hall–Kier alpha value is -2.77. The summed E-state index contributed by atoms with van der Waals surface area (Å²) in [5, 5.41) is 2.00. The SMILES string of the molecule is CC(N)CCCc1ccc2c(n1)[nH]c1ccc(C(=O)CCC(=O)N3CCN(C)CC3)cc12. The molecule has 3 N–H and O–H groups in total. The van der Waals surface area contributed by atoms with E-state index in [1.54, 1.807) is 0 Å². The molecule has 0 bridgehead atoms. The number of Topliss-reactive ketones (excluding diaryl/α,β-unsaturated/α-hetero) is 1. The van der Waals surface area contributed by atoms with E-state index in [2.05, 4.69) is 29.1 Å². The minimum atomic E-state index is 0.00390. The molecule has 0 radical (unpaired) electrons. The van der Waals surface area contributed by atoms with Crippen LogP contribution in [0.25, 0.3) is 21.9 Å². The molecular weight excluding hydrogens is 402 g/mol. The zero-order chi connectivity index (χ0) is 22.7. The van der Waals surface area contributed by atoms with Gasteiger partial charge in [-0.2, -0.15) is 0 Å². The number of benzene rings is 1. The number of aromatic amines is 1. The van der Waals surface area contributed by atoms with Gasteiger partial charge in [0.05, 0.1) is 0 Å². The fourth-order valence-electron chi connectivity index (χ4n) is 4.31. The van der Waals surface area contributed by atoms with Gasteiger partial charge in [-0.25, -0.2) is 4.98 Å². The van der Waals surface area contributed by atoms with Crippen LogP contribution >= 0.6 is 0 Å². The number of nitrogens with two attached hydrogens (primary N) is 1. The van der Waals surface area contributed by atoms with Crippen LogP contribution < -0.4 is 5.73 Å². The summed E-state index contributed by atoms with van der Waals surface area (Å²) in [6.07, 6.45) is 3.40. The zero-order valence-electron chi connectivity index (χ0n) is 19.1. The summed E-state index contributed by atoms with van der Waals surface area (Å²) >= 11 is 0. The number of rotatable bonds is 8. The van der Waals surface area contributed by atoms with Gasteiger partial charge in [0.25, 0.3) is 0 Å². The third-order valence-electron chi connectivity index (χ3n) is 6.35. The van der Waals surface area contributed by atoms with E-state index < -0.39 is 0 Å². The highest BCUT2D eigenvalue weighted by atomic mass is 16.2. The van der Waals surface area contributed by atoms with Crippen LogP contribution in [0.3, 0.4) is 0 Å². The molecule has 170 valence electrons. The van der Waals surface area contributed by atoms with Crippen LogP contribution in [-0.2, 0) is 11.2 Å². The van der Waals surface area contributed by atoms with Gasteiger partial charge in [0.2, 0.25) is 5.91 Å². The number of H-pyrrole nitrogens is 1. The minimum Gasteiger partial charge on any atom is -0.340 e. The smallest absolute Gasteiger partial charge is 0.223 e. The van der Waals surface area contributed by atoms with E-state index in [-0.39, 0.29) is 30.6 Å². The zero-order valence-corrected chi connectivity index (χ0v) is 19.1. The van der Waals surface area contributed by atoms with Crippen LogP contribution in [0, 0.1) is 0 Å². The van der Waals surface area contributed by atoms with Crippen molar-refractivity contribution in [2.24, 2.45) is 5.73 Å². The highest BCUT2D eigenvalue weighted by Crippen LogP contribution is 2.26. The van der Waals surface area contributed by atoms with Crippen LogP contribution in [-0.4, -0.2) is 70.7 Å². The lowest BCUT2D eigenvalue weighted by Crippen LogP contribution is -2.47. The van der Waals surface area contributed by atoms with Crippen molar-refractivity contribution in [3.63, 3.8) is 0 Å². The summed E-state index contributed by atoms with van der Waals surface area (Å²) in [6.45, 7) is 5.28. The van der Waals surface area contributed by atoms with Gasteiger partial charge in [-0.05, 0) is 63.6 Å². The normalized spacial score (nSPS) is 16.0. The van der Waals surface area contributed by atoms with Crippen LogP contribution in [0.4, 0.5) is 0 Å². The molecule has 1 aromatic carbocycles. The van der Waals surface area contributed by atoms with E-state index >= 15 is 0 Å². The second-order valence-corrected chi connectivity index (χ2v) is 9.06. The minimum absolute atomic E-state index is 0.00390. The van der Waals surface area contributed by atoms with Crippen molar-refractivity contribution in [2.75, 3.05) is 33.2 Å². The van der Waals surface area contributed by atoms with Crippen molar-refractivity contribution in [2.45, 2.75) is 45.1 Å². The number of nitrogens with one attached hydrogen (secondary N) is 1. The van der Waals surface area contributed by atoms with Crippen molar-refractivity contribution < 1.29 is 9.59 Å². The number of hydrogen-bond acceptors (Lipinski definition) is 5. The molecule has 2 aromatic heterocycles. The Bertz CT molecular complexity index is 1110. The lowest BCUT2D eigenvalue weighted by Gasteiger charge is -2.32. The van der Waals surface area contributed by atoms with Crippen molar-refractivity contribution in [3.8, 4) is 0 Å². The first-order valence-corrected chi connectivity index (χ1v) is 11.6. The molecule has 3 heterocycles. The fourth-order valence-corrected chi connectivity index (χ4v) is 4.31. The molecule has 7 nitrogen and oxygen atoms in total. The Morgan fingerprint density at radius 3 is 2.62 bits per heavy atom. The van der Waals surface area contributed by atoms with E-state index in [0.29, 0.717) is 5.56 Å². The van der Waals surface area contributed by atoms with Crippen molar-refractivity contribution in [3.05, 3.63) is 41.6 Å². The predicted molar refractivity (Wildman–Crippen MR) is 128 cm³/mol. The maximum Gasteiger partial charge on any atom is 0.223 e. The van der Waals surface area contributed by atoms with E-state index in [1.165, 1.54) is 0 Å². The van der Waals surface area contributed by atoms with Crippen molar-refractivity contribution in [1.29, 1.82) is 0 Å². The molecule has 0 aliphatic carbocycles. The summed E-state index contributed by atoms with van der Waals surface area (Å²) in [4.78, 5) is 37.5. The Kier molecular flexibility index (Phi) is 6.86. The molecule has 0 saturated carbocycles. The molecule has 1 atom stereocenters. The number of fused-ring (bicyclic) bond motifs is 3. The molecule has 1 amide bonds. The molecule has 3 aromatic rings. The number of aryl methyl sites for hydroxylation is 1. The Labute approximate surface area is 189 Å². The third-order valence-corrected chi connectivity index (χ3v) is 6.35. The number of pyridine rings is 1. The van der Waals surface area contributed by atoms with Crippen LogP contribution in [0.15, 0.2) is 30.3 Å². The summed E-state index contributed by atoms with van der Waals surface area (Å²) in [6, 6.07) is 10.0. The van der Waals surface area contributed by atoms with E-state index in [0.717, 1.165) is 73.1 Å². The number of ketones is 1. The molecule has 1 saturated heterocycles. The average Bonchev–Trinajstić information content (AvgIpc) is 3.14. The molecule has 0 spiro atoms. The van der Waals surface area contributed by atoms with Crippen LogP contribution in [0.5, 0.6) is 0 Å². The van der Waals surface area contributed by atoms with Gasteiger partial charge < -0.3 is 20.5 Å². The quantitative estimate of drug-likeness (QED) is 0.530. The predicted octanol–water partition coefficient (Wildman–Crippen LogP) is 3.12. The molecule has 1 fully saturated rings. The maximum absolute atomic E-state index is 12.8. The maximum atomic E-state index is 12.8. The number of nitrogens with zero attached hydrogens (tertiary/aromatic N) is 3. The molecule has 4 rings (SSSR count). The van der Waals surface area contributed by atoms with Gasteiger partial charge in [-0.3, -0.25) is 9.59 Å². The number of hydrogen-bond donors (Lipinski definition) is 2. The third kappa shape index (κ3) is 5.16. The number of carbonyl (C=O) groups excluding carboxylic acids is 2. The standard InChI is InChI=1S/C25H33N5O2/c1-17(26)4-3-5-19-7-8-20-21-16-18(6-9-22(21)28-25(20)27-19)23(31)10-11-24(32)30-14-12-29(2)13-15-30/h6-9,16-17H,3-5,10-15,26H2,1-2H3,(H,27,28). The number of amides is 1. The summed E-state index contributed by atoms with van der Waals surface area (Å²) in [5.41, 5.74) is 9.33. The lowest BCUT2D eigenvalue weighted by molar-refractivity contribution is -0.132. The lowest BCUT2D eigenvalue weighted by atomic mass is 10.0. The Morgan fingerprint density at radius 2 is 1.88 bits per heavy atom. The summed E-state index contributed by atoms with van der Waals surface area (Å²) < 4.78 is 0. The van der Waals surface area contributed by atoms with Crippen molar-refractivity contribution in [1.82, 2.24) is 19.8 Å². The average molecular weight is 436 g/mol. The van der Waals surface area contributed by atoms with Crippen molar-refractivity contribution >= 4 is 33.6 Å². The largest absolute Gasteiger partial charge is 0.340 e. The Morgan fingerprint density at radius 1 is 1.09 bits per heavy atom. The van der Waals surface area contributed by atoms with Gasteiger partial charge in [-0.1, -0.05) is 0 Å². The number of aromatic nitrogens is 2. The number of piperazine rings is 1. The monoisotopic (exact) mass is 435 g/mol. The van der Waals surface area contributed by atoms with Crippen LogP contribution in [0.1, 0.15) is 48.7 Å². The second kappa shape index (κ2) is 9.79. The molecule has 1 unspecified atom stereocenters. The summed E-state index contributed by atoms with van der Waals surface area (Å²) in [5.74, 6) is 0.0737. The molecule has 1 aliphatic heterocycles. The second-order valence-electron chi connectivity index (χ2n) is 9.06. The first kappa shape index (κ1) is 22.4. The van der Waals surface area contributed by atoms with E-state index in [1.807, 2.05) is 30.0 Å². The Balaban J connectivity index is 1.43. The van der Waals surface area contributed by atoms with Gasteiger partial charge in [0.1, 0.15) is 5.65 Å². The van der Waals surface area contributed by atoms with E-state index in [4.69, 9.17) is 10.7 Å². The van der Waals surface area contributed by atoms with Crippen LogP contribution in [0.2, 0.25) is 0 Å². The van der Waals surface area contributed by atoms with Gasteiger partial charge in [0, 0.05) is 72.6 Å². The topological polar surface area (TPSA) is 95.3 Å². The number of likely N-dealkylation sites (N-methyl/N-ethyl adjacent to an activating group) is 1. The van der Waals surface area contributed by atoms with Gasteiger partial charge in [-0.15, -0.1) is 0 Å². The molecule has 1 aliphatic rings. The molecule has 32 heavy (non-hydrogen) atoms. The molecule has 7 heteroatoms. The molecular formula is C25H33N5O2. The highest BCUT2D eigenvalue weighted by molar-refractivity contribution is 6.09. The number of carbonyl (C=O) groups is 2. The first-order valence-electron chi connectivity index (χ1n) is 11.6. The van der Waals surface area contributed by atoms with E-state index in [9.17, 15) is 9.59 Å².